The molecule has 0 heterocycles. The van der Waals surface area contributed by atoms with Gasteiger partial charge < -0.3 is 15.2 Å². The van der Waals surface area contributed by atoms with Crippen molar-refractivity contribution in [3.63, 3.8) is 0 Å². The number of aliphatic carboxylic acids is 1. The maximum atomic E-state index is 11.5. The maximum Gasteiger partial charge on any atom is 0.408 e. The SMILES string of the molecule is CC(C)(C)ONC[C@H](NC(=O)OC(C)(C)C)C(=O)O. The molecule has 0 aromatic heterocycles. The van der Waals surface area contributed by atoms with E-state index in [1.807, 2.05) is 20.8 Å². The van der Waals surface area contributed by atoms with Crippen LogP contribution < -0.4 is 10.8 Å². The van der Waals surface area contributed by atoms with Gasteiger partial charge in [-0.25, -0.2) is 9.59 Å². The molecule has 0 bridgehead atoms. The lowest BCUT2D eigenvalue weighted by Crippen LogP contribution is -2.49. The van der Waals surface area contributed by atoms with Crippen LogP contribution in [-0.2, 0) is 14.4 Å². The molecule has 1 amide bonds. The van der Waals surface area contributed by atoms with Crippen LogP contribution in [0.25, 0.3) is 0 Å². The average molecular weight is 276 g/mol. The van der Waals surface area contributed by atoms with E-state index in [-0.39, 0.29) is 6.54 Å². The van der Waals surface area contributed by atoms with E-state index in [1.165, 1.54) is 0 Å². The van der Waals surface area contributed by atoms with Gasteiger partial charge in [0.25, 0.3) is 0 Å². The Morgan fingerprint density at radius 3 is 2.00 bits per heavy atom. The fourth-order valence-corrected chi connectivity index (χ4v) is 0.991. The third-order valence-electron chi connectivity index (χ3n) is 1.65. The van der Waals surface area contributed by atoms with Gasteiger partial charge in [0.2, 0.25) is 0 Å². The number of ether oxygens (including phenoxy) is 1. The zero-order valence-electron chi connectivity index (χ0n) is 12.4. The fourth-order valence-electron chi connectivity index (χ4n) is 0.991. The Kier molecular flexibility index (Phi) is 6.24. The van der Waals surface area contributed by atoms with Crippen LogP contribution in [0.1, 0.15) is 41.5 Å². The maximum absolute atomic E-state index is 11.5. The van der Waals surface area contributed by atoms with Crippen LogP contribution in [0, 0.1) is 0 Å². The lowest BCUT2D eigenvalue weighted by atomic mass is 10.2. The van der Waals surface area contributed by atoms with Gasteiger partial charge in [-0.05, 0) is 41.5 Å². The van der Waals surface area contributed by atoms with E-state index < -0.39 is 29.3 Å². The van der Waals surface area contributed by atoms with Crippen molar-refractivity contribution in [2.24, 2.45) is 0 Å². The van der Waals surface area contributed by atoms with Gasteiger partial charge in [-0.2, -0.15) is 5.48 Å². The Morgan fingerprint density at radius 1 is 1.11 bits per heavy atom. The second-order valence-corrected chi connectivity index (χ2v) is 6.10. The zero-order valence-corrected chi connectivity index (χ0v) is 12.4. The molecule has 0 aliphatic rings. The number of hydrogen-bond acceptors (Lipinski definition) is 5. The highest BCUT2D eigenvalue weighted by Gasteiger charge is 2.24. The minimum absolute atomic E-state index is 0.0636. The standard InChI is InChI=1S/C12H24N2O5/c1-11(2,3)18-10(17)14-8(9(15)16)7-13-19-12(4,5)6/h8,13H,7H2,1-6H3,(H,14,17)(H,15,16)/t8-/m0/s1. The lowest BCUT2D eigenvalue weighted by Gasteiger charge is -2.23. The summed E-state index contributed by atoms with van der Waals surface area (Å²) in [6, 6.07) is -1.13. The fraction of sp³-hybridized carbons (Fsp3) is 0.833. The molecule has 0 aromatic rings. The molecule has 0 spiro atoms. The van der Waals surface area contributed by atoms with Gasteiger partial charge in [0, 0.05) is 0 Å². The van der Waals surface area contributed by atoms with E-state index in [2.05, 4.69) is 10.8 Å². The van der Waals surface area contributed by atoms with Crippen molar-refractivity contribution < 1.29 is 24.3 Å². The van der Waals surface area contributed by atoms with Gasteiger partial charge in [-0.15, -0.1) is 0 Å². The van der Waals surface area contributed by atoms with Crippen molar-refractivity contribution in [1.29, 1.82) is 0 Å². The molecule has 112 valence electrons. The van der Waals surface area contributed by atoms with E-state index in [4.69, 9.17) is 14.7 Å². The Labute approximate surface area is 113 Å². The van der Waals surface area contributed by atoms with Crippen molar-refractivity contribution in [2.45, 2.75) is 58.8 Å². The zero-order chi connectivity index (χ0) is 15.3. The third-order valence-corrected chi connectivity index (χ3v) is 1.65. The van der Waals surface area contributed by atoms with Crippen molar-refractivity contribution in [3.05, 3.63) is 0 Å². The molecule has 0 aliphatic heterocycles. The number of amides is 1. The predicted molar refractivity (Wildman–Crippen MR) is 69.6 cm³/mol. The number of carboxylic acid groups (broad SMARTS) is 1. The van der Waals surface area contributed by atoms with Crippen molar-refractivity contribution >= 4 is 12.1 Å². The minimum Gasteiger partial charge on any atom is -0.480 e. The van der Waals surface area contributed by atoms with Crippen LogP contribution in [0.15, 0.2) is 0 Å². The highest BCUT2D eigenvalue weighted by molar-refractivity contribution is 5.80. The molecule has 1 atom stereocenters. The number of carboxylic acids is 1. The van der Waals surface area contributed by atoms with Gasteiger partial charge in [0.05, 0.1) is 12.1 Å². The number of hydroxylamine groups is 1. The summed E-state index contributed by atoms with van der Waals surface area (Å²) in [5.74, 6) is -1.17. The second-order valence-electron chi connectivity index (χ2n) is 6.10. The van der Waals surface area contributed by atoms with Crippen LogP contribution in [0.3, 0.4) is 0 Å². The largest absolute Gasteiger partial charge is 0.480 e. The quantitative estimate of drug-likeness (QED) is 0.655. The van der Waals surface area contributed by atoms with Gasteiger partial charge in [-0.3, -0.25) is 4.84 Å². The highest BCUT2D eigenvalue weighted by atomic mass is 16.7. The first-order valence-electron chi connectivity index (χ1n) is 6.04. The Balaban J connectivity index is 4.28. The number of hydrogen-bond donors (Lipinski definition) is 3. The van der Waals surface area contributed by atoms with E-state index in [1.54, 1.807) is 20.8 Å². The van der Waals surface area contributed by atoms with Crippen LogP contribution in [-0.4, -0.2) is 41.0 Å². The lowest BCUT2D eigenvalue weighted by molar-refractivity contribution is -0.141. The highest BCUT2D eigenvalue weighted by Crippen LogP contribution is 2.07. The number of rotatable bonds is 5. The van der Waals surface area contributed by atoms with E-state index in [0.717, 1.165) is 0 Å². The van der Waals surface area contributed by atoms with E-state index >= 15 is 0 Å². The van der Waals surface area contributed by atoms with Gasteiger partial charge in [0.15, 0.2) is 0 Å². The monoisotopic (exact) mass is 276 g/mol. The summed E-state index contributed by atoms with van der Waals surface area (Å²) in [5, 5.41) is 11.2. The first-order valence-corrected chi connectivity index (χ1v) is 6.04. The molecular weight excluding hydrogens is 252 g/mol. The number of carbonyl (C=O) groups is 2. The van der Waals surface area contributed by atoms with Crippen LogP contribution >= 0.6 is 0 Å². The predicted octanol–water partition coefficient (Wildman–Crippen LogP) is 1.28. The summed E-state index contributed by atoms with van der Waals surface area (Å²) >= 11 is 0. The van der Waals surface area contributed by atoms with Crippen LogP contribution in [0.2, 0.25) is 0 Å². The molecule has 7 nitrogen and oxygen atoms in total. The van der Waals surface area contributed by atoms with Crippen molar-refractivity contribution in [3.8, 4) is 0 Å². The molecule has 0 unspecified atom stereocenters. The first-order chi connectivity index (χ1) is 8.41. The minimum atomic E-state index is -1.17. The molecule has 0 aromatic carbocycles. The summed E-state index contributed by atoms with van der Waals surface area (Å²) in [4.78, 5) is 27.6. The topological polar surface area (TPSA) is 96.9 Å². The Hall–Kier alpha value is -1.34. The summed E-state index contributed by atoms with van der Waals surface area (Å²) in [6.45, 7) is 10.5. The normalized spacial score (nSPS) is 13.8. The molecule has 0 saturated heterocycles. The van der Waals surface area contributed by atoms with Crippen molar-refractivity contribution in [2.75, 3.05) is 6.54 Å². The van der Waals surface area contributed by atoms with E-state index in [9.17, 15) is 9.59 Å². The molecule has 0 radical (unpaired) electrons. The second kappa shape index (κ2) is 6.72. The van der Waals surface area contributed by atoms with Crippen LogP contribution in [0.4, 0.5) is 4.79 Å². The Morgan fingerprint density at radius 2 is 1.63 bits per heavy atom. The van der Waals surface area contributed by atoms with E-state index in [0.29, 0.717) is 0 Å². The number of alkyl carbamates (subject to hydrolysis) is 1. The number of nitrogens with one attached hydrogen (secondary N) is 2. The summed E-state index contributed by atoms with van der Waals surface area (Å²) in [6.07, 6.45) is -0.780. The summed E-state index contributed by atoms with van der Waals surface area (Å²) < 4.78 is 4.98. The Bertz CT molecular complexity index is 317. The molecule has 0 saturated carbocycles. The third kappa shape index (κ3) is 10.3. The summed E-state index contributed by atoms with van der Waals surface area (Å²) in [7, 11) is 0. The molecule has 3 N–H and O–H groups in total. The van der Waals surface area contributed by atoms with Gasteiger partial charge in [-0.1, -0.05) is 0 Å². The number of carbonyl (C=O) groups excluding carboxylic acids is 1. The molecule has 0 rings (SSSR count). The average Bonchev–Trinajstić information content (AvgIpc) is 2.10. The van der Waals surface area contributed by atoms with Crippen molar-refractivity contribution in [1.82, 2.24) is 10.8 Å². The summed E-state index contributed by atoms with van der Waals surface area (Å²) in [5.41, 5.74) is 1.40. The molecule has 19 heavy (non-hydrogen) atoms. The molecular formula is C12H24N2O5. The van der Waals surface area contributed by atoms with Gasteiger partial charge >= 0.3 is 12.1 Å². The molecule has 0 aliphatic carbocycles. The molecule has 0 fully saturated rings. The van der Waals surface area contributed by atoms with Crippen LogP contribution in [0.5, 0.6) is 0 Å². The van der Waals surface area contributed by atoms with Gasteiger partial charge in [0.1, 0.15) is 11.6 Å². The smallest absolute Gasteiger partial charge is 0.408 e. The molecule has 7 heteroatoms. The first kappa shape index (κ1) is 17.7.